The first-order chi connectivity index (χ1) is 6.63. The Morgan fingerprint density at radius 1 is 1.50 bits per heavy atom. The molecule has 14 heavy (non-hydrogen) atoms. The lowest BCUT2D eigenvalue weighted by atomic mass is 10.3. The molecule has 0 unspecified atom stereocenters. The summed E-state index contributed by atoms with van der Waals surface area (Å²) in [7, 11) is 3.32. The second kappa shape index (κ2) is 4.28. The zero-order chi connectivity index (χ0) is 10.6. The van der Waals surface area contributed by atoms with Gasteiger partial charge < -0.3 is 10.2 Å². The van der Waals surface area contributed by atoms with Gasteiger partial charge in [0.05, 0.1) is 6.57 Å². The summed E-state index contributed by atoms with van der Waals surface area (Å²) in [4.78, 5) is 16.0. The number of rotatable bonds is 1. The van der Waals surface area contributed by atoms with Crippen molar-refractivity contribution in [2.24, 2.45) is 0 Å². The molecular formula is C10H11N3O. The molecule has 1 aromatic carbocycles. The van der Waals surface area contributed by atoms with E-state index in [1.165, 1.54) is 4.90 Å². The largest absolute Gasteiger partial charge is 0.331 e. The molecule has 0 fully saturated rings. The van der Waals surface area contributed by atoms with Crippen LogP contribution in [0.25, 0.3) is 4.85 Å². The third-order valence-electron chi connectivity index (χ3n) is 1.63. The van der Waals surface area contributed by atoms with Crippen molar-refractivity contribution in [1.29, 1.82) is 0 Å². The number of hydrogen-bond donors (Lipinski definition) is 1. The maximum absolute atomic E-state index is 11.2. The molecule has 0 aromatic heterocycles. The second-order valence-corrected chi connectivity index (χ2v) is 2.99. The summed E-state index contributed by atoms with van der Waals surface area (Å²) in [5.41, 5.74) is 1.15. The summed E-state index contributed by atoms with van der Waals surface area (Å²) in [5.74, 6) is 0. The van der Waals surface area contributed by atoms with Crippen LogP contribution in [0, 0.1) is 6.57 Å². The Balaban J connectivity index is 2.78. The van der Waals surface area contributed by atoms with Crippen LogP contribution in [0.4, 0.5) is 16.2 Å². The minimum absolute atomic E-state index is 0.202. The van der Waals surface area contributed by atoms with Gasteiger partial charge in [-0.15, -0.1) is 0 Å². The van der Waals surface area contributed by atoms with Crippen LogP contribution in [-0.4, -0.2) is 25.0 Å². The Labute approximate surface area is 83.0 Å². The number of benzene rings is 1. The molecule has 0 aliphatic heterocycles. The number of hydrogen-bond acceptors (Lipinski definition) is 1. The lowest BCUT2D eigenvalue weighted by Crippen LogP contribution is -2.27. The molecule has 4 heteroatoms. The molecule has 4 nitrogen and oxygen atoms in total. The molecule has 1 N–H and O–H groups in total. The van der Waals surface area contributed by atoms with Crippen LogP contribution < -0.4 is 5.32 Å². The lowest BCUT2D eigenvalue weighted by molar-refractivity contribution is 0.230. The molecule has 0 spiro atoms. The predicted molar refractivity (Wildman–Crippen MR) is 55.4 cm³/mol. The zero-order valence-corrected chi connectivity index (χ0v) is 8.11. The van der Waals surface area contributed by atoms with E-state index >= 15 is 0 Å². The number of carbonyl (C=O) groups is 1. The van der Waals surface area contributed by atoms with E-state index < -0.39 is 0 Å². The molecular weight excluding hydrogens is 178 g/mol. The van der Waals surface area contributed by atoms with Crippen LogP contribution in [0.5, 0.6) is 0 Å². The van der Waals surface area contributed by atoms with E-state index in [0.29, 0.717) is 11.4 Å². The Bertz CT molecular complexity index is 379. The van der Waals surface area contributed by atoms with E-state index in [0.717, 1.165) is 0 Å². The first-order valence-electron chi connectivity index (χ1n) is 4.09. The summed E-state index contributed by atoms with van der Waals surface area (Å²) in [6.07, 6.45) is 0. The van der Waals surface area contributed by atoms with Crippen LogP contribution in [0.15, 0.2) is 24.3 Å². The van der Waals surface area contributed by atoms with Crippen molar-refractivity contribution < 1.29 is 4.79 Å². The maximum Gasteiger partial charge on any atom is 0.321 e. The van der Waals surface area contributed by atoms with Gasteiger partial charge in [-0.2, -0.15) is 0 Å². The topological polar surface area (TPSA) is 36.7 Å². The fourth-order valence-electron chi connectivity index (χ4n) is 0.888. The maximum atomic E-state index is 11.2. The molecule has 1 aromatic rings. The van der Waals surface area contributed by atoms with E-state index in [-0.39, 0.29) is 6.03 Å². The highest BCUT2D eigenvalue weighted by atomic mass is 16.2. The van der Waals surface area contributed by atoms with Crippen molar-refractivity contribution >= 4 is 17.4 Å². The quantitative estimate of drug-likeness (QED) is 0.676. The van der Waals surface area contributed by atoms with Crippen LogP contribution in [0.2, 0.25) is 0 Å². The van der Waals surface area contributed by atoms with Crippen LogP contribution in [-0.2, 0) is 0 Å². The third-order valence-corrected chi connectivity index (χ3v) is 1.63. The van der Waals surface area contributed by atoms with Gasteiger partial charge in [0, 0.05) is 19.8 Å². The van der Waals surface area contributed by atoms with Gasteiger partial charge in [0.1, 0.15) is 0 Å². The molecule has 0 atom stereocenters. The first kappa shape index (κ1) is 10.1. The second-order valence-electron chi connectivity index (χ2n) is 2.99. The van der Waals surface area contributed by atoms with Crippen molar-refractivity contribution in [3.05, 3.63) is 35.7 Å². The van der Waals surface area contributed by atoms with Crippen molar-refractivity contribution in [3.63, 3.8) is 0 Å². The molecule has 2 amide bonds. The molecule has 0 saturated heterocycles. The predicted octanol–water partition coefficient (Wildman–Crippen LogP) is 2.33. The fourth-order valence-corrected chi connectivity index (χ4v) is 0.888. The van der Waals surface area contributed by atoms with Crippen LogP contribution in [0.1, 0.15) is 0 Å². The number of carbonyl (C=O) groups excluding carboxylic acids is 1. The highest BCUT2D eigenvalue weighted by Gasteiger charge is 2.03. The van der Waals surface area contributed by atoms with Crippen LogP contribution >= 0.6 is 0 Å². The van der Waals surface area contributed by atoms with Gasteiger partial charge in [-0.25, -0.2) is 9.64 Å². The molecule has 0 aliphatic rings. The monoisotopic (exact) mass is 189 g/mol. The van der Waals surface area contributed by atoms with Crippen molar-refractivity contribution in [3.8, 4) is 0 Å². The summed E-state index contributed by atoms with van der Waals surface area (Å²) >= 11 is 0. The van der Waals surface area contributed by atoms with E-state index in [1.54, 1.807) is 38.4 Å². The van der Waals surface area contributed by atoms with Gasteiger partial charge in [-0.3, -0.25) is 0 Å². The minimum Gasteiger partial charge on any atom is -0.331 e. The van der Waals surface area contributed by atoms with Crippen molar-refractivity contribution in [2.45, 2.75) is 0 Å². The summed E-state index contributed by atoms with van der Waals surface area (Å²) < 4.78 is 0. The average molecular weight is 189 g/mol. The number of nitrogens with zero attached hydrogens (tertiary/aromatic N) is 2. The smallest absolute Gasteiger partial charge is 0.321 e. The summed E-state index contributed by atoms with van der Waals surface area (Å²) in [6.45, 7) is 6.81. The Kier molecular flexibility index (Phi) is 3.08. The highest BCUT2D eigenvalue weighted by Crippen LogP contribution is 2.17. The normalized spacial score (nSPS) is 8.93. The van der Waals surface area contributed by atoms with Crippen LogP contribution in [0.3, 0.4) is 0 Å². The zero-order valence-electron chi connectivity index (χ0n) is 8.11. The number of amides is 2. The van der Waals surface area contributed by atoms with Gasteiger partial charge in [0.15, 0.2) is 5.69 Å². The molecule has 0 heterocycles. The number of nitrogens with one attached hydrogen (secondary N) is 1. The Morgan fingerprint density at radius 3 is 2.79 bits per heavy atom. The Hall–Kier alpha value is -2.02. The SMILES string of the molecule is [C-]#[N+]c1cccc(NC(=O)N(C)C)c1. The van der Waals surface area contributed by atoms with E-state index in [9.17, 15) is 4.79 Å². The van der Waals surface area contributed by atoms with E-state index in [2.05, 4.69) is 10.2 Å². The minimum atomic E-state index is -0.202. The van der Waals surface area contributed by atoms with Gasteiger partial charge in [-0.1, -0.05) is 12.1 Å². The lowest BCUT2D eigenvalue weighted by Gasteiger charge is -2.11. The first-order valence-corrected chi connectivity index (χ1v) is 4.09. The van der Waals surface area contributed by atoms with Gasteiger partial charge in [-0.05, 0) is 12.1 Å². The molecule has 0 bridgehead atoms. The standard InChI is InChI=1S/C10H11N3O/c1-11-8-5-4-6-9(7-8)12-10(14)13(2)3/h4-7H,2-3H3,(H,12,14). The van der Waals surface area contributed by atoms with E-state index in [1.807, 2.05) is 0 Å². The van der Waals surface area contributed by atoms with E-state index in [4.69, 9.17) is 6.57 Å². The van der Waals surface area contributed by atoms with Crippen molar-refractivity contribution in [1.82, 2.24) is 4.90 Å². The van der Waals surface area contributed by atoms with Gasteiger partial charge in [0.2, 0.25) is 0 Å². The van der Waals surface area contributed by atoms with Crippen molar-refractivity contribution in [2.75, 3.05) is 19.4 Å². The summed E-state index contributed by atoms with van der Waals surface area (Å²) in [5, 5.41) is 2.66. The number of anilines is 1. The molecule has 72 valence electrons. The van der Waals surface area contributed by atoms with Gasteiger partial charge >= 0.3 is 6.03 Å². The molecule has 0 radical (unpaired) electrons. The highest BCUT2D eigenvalue weighted by molar-refractivity contribution is 5.89. The number of urea groups is 1. The average Bonchev–Trinajstić information content (AvgIpc) is 2.18. The Morgan fingerprint density at radius 2 is 2.21 bits per heavy atom. The molecule has 0 aliphatic carbocycles. The fraction of sp³-hybridized carbons (Fsp3) is 0.200. The summed E-state index contributed by atoms with van der Waals surface area (Å²) in [6, 6.07) is 6.61. The van der Waals surface area contributed by atoms with Gasteiger partial charge in [0.25, 0.3) is 0 Å². The third kappa shape index (κ3) is 2.49. The molecule has 1 rings (SSSR count). The molecule has 0 saturated carbocycles.